The fraction of sp³-hybridized carbons (Fsp3) is 0.250. The van der Waals surface area contributed by atoms with Crippen LogP contribution in [0.5, 0.6) is 5.75 Å². The molecule has 0 radical (unpaired) electrons. The van der Waals surface area contributed by atoms with Crippen LogP contribution in [-0.2, 0) is 0 Å². The number of benzene rings is 3. The van der Waals surface area contributed by atoms with E-state index in [1.54, 1.807) is 7.05 Å². The van der Waals surface area contributed by atoms with Crippen molar-refractivity contribution in [3.63, 3.8) is 0 Å². The van der Waals surface area contributed by atoms with E-state index in [-0.39, 0.29) is 12.0 Å². The summed E-state index contributed by atoms with van der Waals surface area (Å²) in [4.78, 5) is 21.8. The number of nitrogens with one attached hydrogen (secondary N) is 2. The van der Waals surface area contributed by atoms with Crippen LogP contribution in [0.1, 0.15) is 35.7 Å². The molecule has 1 aliphatic rings. The van der Waals surface area contributed by atoms with E-state index in [1.807, 2.05) is 67.7 Å². The van der Waals surface area contributed by atoms with E-state index >= 15 is 0 Å². The van der Waals surface area contributed by atoms with Gasteiger partial charge >= 0.3 is 0 Å². The van der Waals surface area contributed by atoms with Gasteiger partial charge in [-0.15, -0.1) is 0 Å². The highest BCUT2D eigenvalue weighted by molar-refractivity contribution is 6.05. The molecular weight excluding hydrogens is 424 g/mol. The lowest BCUT2D eigenvalue weighted by Gasteiger charge is -2.14. The van der Waals surface area contributed by atoms with Gasteiger partial charge in [0.05, 0.1) is 11.6 Å². The molecule has 3 aromatic carbocycles. The first-order valence-corrected chi connectivity index (χ1v) is 11.6. The molecule has 34 heavy (non-hydrogen) atoms. The highest BCUT2D eigenvalue weighted by Gasteiger charge is 2.29. The summed E-state index contributed by atoms with van der Waals surface area (Å²) in [5.41, 5.74) is 5.33. The molecule has 5 rings (SSSR count). The second kappa shape index (κ2) is 9.14. The average Bonchev–Trinajstić information content (AvgIpc) is 3.70. The van der Waals surface area contributed by atoms with E-state index in [4.69, 9.17) is 4.74 Å². The van der Waals surface area contributed by atoms with Gasteiger partial charge in [0, 0.05) is 29.9 Å². The number of hydrogen-bond acceptors (Lipinski definition) is 5. The zero-order valence-electron chi connectivity index (χ0n) is 19.6. The predicted molar refractivity (Wildman–Crippen MR) is 136 cm³/mol. The van der Waals surface area contributed by atoms with Gasteiger partial charge in [0.15, 0.2) is 0 Å². The van der Waals surface area contributed by atoms with Gasteiger partial charge < -0.3 is 15.4 Å². The number of nitrogens with zero attached hydrogens (tertiary/aromatic N) is 2. The Balaban J connectivity index is 1.33. The van der Waals surface area contributed by atoms with Crippen LogP contribution < -0.4 is 15.4 Å². The molecule has 1 amide bonds. The minimum Gasteiger partial charge on any atom is -0.490 e. The molecule has 2 N–H and O–H groups in total. The first-order valence-electron chi connectivity index (χ1n) is 11.6. The molecule has 1 atom stereocenters. The van der Waals surface area contributed by atoms with Crippen LogP contribution in [0.3, 0.4) is 0 Å². The van der Waals surface area contributed by atoms with E-state index in [2.05, 4.69) is 33.6 Å². The summed E-state index contributed by atoms with van der Waals surface area (Å²) < 4.78 is 5.98. The van der Waals surface area contributed by atoms with E-state index < -0.39 is 0 Å². The van der Waals surface area contributed by atoms with Crippen molar-refractivity contribution in [3.05, 3.63) is 78.0 Å². The lowest BCUT2D eigenvalue weighted by Crippen LogP contribution is -2.14. The zero-order chi connectivity index (χ0) is 23.7. The Bertz CT molecular complexity index is 1350. The molecule has 6 nitrogen and oxygen atoms in total. The fourth-order valence-corrected chi connectivity index (χ4v) is 4.09. The van der Waals surface area contributed by atoms with Crippen LogP contribution in [0, 0.1) is 12.8 Å². The van der Waals surface area contributed by atoms with Crippen molar-refractivity contribution >= 4 is 28.4 Å². The molecule has 1 aliphatic carbocycles. The number of carbonyl (C=O) groups excluding carboxylic acids is 1. The Kier molecular flexibility index (Phi) is 5.88. The maximum absolute atomic E-state index is 13.0. The number of fused-ring (bicyclic) bond motifs is 1. The molecule has 0 saturated heterocycles. The monoisotopic (exact) mass is 452 g/mol. The predicted octanol–water partition coefficient (Wildman–Crippen LogP) is 6.08. The summed E-state index contributed by atoms with van der Waals surface area (Å²) in [7, 11) is 1.80. The lowest BCUT2D eigenvalue weighted by molar-refractivity contribution is 0.102. The normalized spacial score (nSPS) is 14.0. The number of amides is 1. The van der Waals surface area contributed by atoms with Crippen LogP contribution in [0.15, 0.2) is 66.9 Å². The van der Waals surface area contributed by atoms with Crippen LogP contribution >= 0.6 is 0 Å². The molecular formula is C28H28N4O2. The third kappa shape index (κ3) is 4.71. The molecule has 0 bridgehead atoms. The van der Waals surface area contributed by atoms with Crippen molar-refractivity contribution in [2.45, 2.75) is 32.8 Å². The van der Waals surface area contributed by atoms with E-state index in [1.165, 1.54) is 12.8 Å². The second-order valence-corrected chi connectivity index (χ2v) is 8.89. The molecule has 1 aromatic heterocycles. The summed E-state index contributed by atoms with van der Waals surface area (Å²) in [6.07, 6.45) is 4.54. The van der Waals surface area contributed by atoms with Crippen LogP contribution in [-0.4, -0.2) is 29.0 Å². The van der Waals surface area contributed by atoms with E-state index in [0.717, 1.165) is 39.0 Å². The van der Waals surface area contributed by atoms with E-state index in [0.29, 0.717) is 17.4 Å². The Morgan fingerprint density at radius 1 is 1.06 bits per heavy atom. The molecule has 172 valence electrons. The number of hydrogen-bond donors (Lipinski definition) is 2. The summed E-state index contributed by atoms with van der Waals surface area (Å²) >= 11 is 0. The smallest absolute Gasteiger partial charge is 0.255 e. The largest absolute Gasteiger partial charge is 0.490 e. The first kappa shape index (κ1) is 21.9. The maximum Gasteiger partial charge on any atom is 0.255 e. The van der Waals surface area contributed by atoms with Gasteiger partial charge in [-0.05, 0) is 97.8 Å². The van der Waals surface area contributed by atoms with Crippen molar-refractivity contribution < 1.29 is 9.53 Å². The van der Waals surface area contributed by atoms with E-state index in [9.17, 15) is 4.79 Å². The fourth-order valence-electron chi connectivity index (χ4n) is 4.09. The third-order valence-corrected chi connectivity index (χ3v) is 6.33. The van der Waals surface area contributed by atoms with Crippen LogP contribution in [0.2, 0.25) is 0 Å². The molecule has 1 unspecified atom stereocenters. The standard InChI is InChI=1S/C28H28N4O2/c1-17-4-5-21(15-25(17)20-8-13-26-22(14-20)16-30-28(29-3)32-26)27(33)31-23-9-11-24(12-10-23)34-18(2)19-6-7-19/h4-5,8-16,18-19H,6-7H2,1-3H3,(H,31,33)(H,29,30,32). The Labute approximate surface area is 199 Å². The number of anilines is 2. The maximum atomic E-state index is 13.0. The summed E-state index contributed by atoms with van der Waals surface area (Å²) in [6.45, 7) is 4.16. The molecule has 0 spiro atoms. The van der Waals surface area contributed by atoms with Crippen LogP contribution in [0.25, 0.3) is 22.0 Å². The van der Waals surface area contributed by atoms with Gasteiger partial charge in [0.1, 0.15) is 5.75 Å². The number of aryl methyl sites for hydroxylation is 1. The summed E-state index contributed by atoms with van der Waals surface area (Å²) in [5, 5.41) is 6.90. The van der Waals surface area contributed by atoms with Gasteiger partial charge in [-0.25, -0.2) is 9.97 Å². The molecule has 0 aliphatic heterocycles. The van der Waals surface area contributed by atoms with Crippen molar-refractivity contribution in [1.29, 1.82) is 0 Å². The van der Waals surface area contributed by atoms with Crippen molar-refractivity contribution in [2.75, 3.05) is 17.7 Å². The van der Waals surface area contributed by atoms with Gasteiger partial charge in [0.25, 0.3) is 5.91 Å². The molecule has 1 saturated carbocycles. The summed E-state index contributed by atoms with van der Waals surface area (Å²) in [5.74, 6) is 1.95. The number of rotatable bonds is 7. The van der Waals surface area contributed by atoms with Crippen molar-refractivity contribution in [1.82, 2.24) is 9.97 Å². The average molecular weight is 453 g/mol. The number of aromatic nitrogens is 2. The molecule has 1 heterocycles. The van der Waals surface area contributed by atoms with Gasteiger partial charge in [-0.1, -0.05) is 12.1 Å². The minimum absolute atomic E-state index is 0.149. The first-order chi connectivity index (χ1) is 16.5. The second-order valence-electron chi connectivity index (χ2n) is 8.89. The van der Waals surface area contributed by atoms with Gasteiger partial charge in [-0.3, -0.25) is 4.79 Å². The highest BCUT2D eigenvalue weighted by Crippen LogP contribution is 2.35. The minimum atomic E-state index is -0.149. The highest BCUT2D eigenvalue weighted by atomic mass is 16.5. The lowest BCUT2D eigenvalue weighted by atomic mass is 9.97. The molecule has 1 fully saturated rings. The number of ether oxygens (including phenoxy) is 1. The Morgan fingerprint density at radius 3 is 2.59 bits per heavy atom. The summed E-state index contributed by atoms with van der Waals surface area (Å²) in [6, 6.07) is 19.4. The zero-order valence-corrected chi connectivity index (χ0v) is 19.6. The SMILES string of the molecule is CNc1ncc2cc(-c3cc(C(=O)Nc4ccc(OC(C)C5CC5)cc4)ccc3C)ccc2n1. The Hall–Kier alpha value is -3.93. The van der Waals surface area contributed by atoms with Gasteiger partial charge in [0.2, 0.25) is 5.95 Å². The number of carbonyl (C=O) groups is 1. The van der Waals surface area contributed by atoms with Crippen LogP contribution in [0.4, 0.5) is 11.6 Å². The Morgan fingerprint density at radius 2 is 1.85 bits per heavy atom. The van der Waals surface area contributed by atoms with Gasteiger partial charge in [-0.2, -0.15) is 0 Å². The molecule has 4 aromatic rings. The van der Waals surface area contributed by atoms with Crippen molar-refractivity contribution in [3.8, 4) is 16.9 Å². The third-order valence-electron chi connectivity index (χ3n) is 6.33. The quantitative estimate of drug-likeness (QED) is 0.356. The topological polar surface area (TPSA) is 76.1 Å². The molecule has 6 heteroatoms. The van der Waals surface area contributed by atoms with Crippen molar-refractivity contribution in [2.24, 2.45) is 5.92 Å².